The van der Waals surface area contributed by atoms with E-state index in [-0.39, 0.29) is 5.82 Å². The van der Waals surface area contributed by atoms with Crippen LogP contribution in [0.3, 0.4) is 0 Å². The summed E-state index contributed by atoms with van der Waals surface area (Å²) < 4.78 is 30.0. The smallest absolute Gasteiger partial charge is 0.331 e. The maximum Gasteiger partial charge on any atom is 0.400 e. The highest BCUT2D eigenvalue weighted by Gasteiger charge is 2.41. The molecule has 0 spiro atoms. The summed E-state index contributed by atoms with van der Waals surface area (Å²) in [4.78, 5) is 3.63. The molecular formula is C10H14ClF2N3O. The maximum atomic E-state index is 12.8. The van der Waals surface area contributed by atoms with Crippen LogP contribution in [0, 0.1) is 5.92 Å². The van der Waals surface area contributed by atoms with Crippen molar-refractivity contribution in [2.75, 3.05) is 0 Å². The molecule has 1 aliphatic rings. The van der Waals surface area contributed by atoms with Crippen molar-refractivity contribution in [3.63, 3.8) is 0 Å². The Hall–Kier alpha value is -0.750. The predicted molar refractivity (Wildman–Crippen MR) is 57.5 cm³/mol. The summed E-state index contributed by atoms with van der Waals surface area (Å²) >= 11 is 4.81. The molecule has 7 heteroatoms. The zero-order valence-electron chi connectivity index (χ0n) is 9.42. The zero-order valence-corrected chi connectivity index (χ0v) is 10.2. The van der Waals surface area contributed by atoms with Gasteiger partial charge in [-0.25, -0.2) is 0 Å². The van der Waals surface area contributed by atoms with E-state index in [4.69, 9.17) is 17.3 Å². The Morgan fingerprint density at radius 2 is 2.29 bits per heavy atom. The number of halogens is 3. The molecule has 1 heterocycles. The normalized spacial score (nSPS) is 30.5. The van der Waals surface area contributed by atoms with Gasteiger partial charge in [-0.15, -0.1) is 0 Å². The summed E-state index contributed by atoms with van der Waals surface area (Å²) in [6, 6.07) is 0. The number of alkyl halides is 3. The van der Waals surface area contributed by atoms with E-state index in [1.54, 1.807) is 0 Å². The Labute approximate surface area is 103 Å². The van der Waals surface area contributed by atoms with Gasteiger partial charge in [-0.2, -0.15) is 13.8 Å². The van der Waals surface area contributed by atoms with Crippen molar-refractivity contribution >= 4 is 11.6 Å². The second-order valence-electron chi connectivity index (χ2n) is 4.78. The zero-order chi connectivity index (χ0) is 12.7. The second-order valence-corrected chi connectivity index (χ2v) is 5.25. The first-order valence-corrected chi connectivity index (χ1v) is 5.89. The molecule has 0 radical (unpaired) electrons. The van der Waals surface area contributed by atoms with Crippen molar-refractivity contribution in [2.24, 2.45) is 11.7 Å². The molecule has 0 aromatic carbocycles. The van der Waals surface area contributed by atoms with Gasteiger partial charge in [0, 0.05) is 0 Å². The van der Waals surface area contributed by atoms with E-state index in [0.717, 1.165) is 12.8 Å². The number of hydrogen-bond donors (Lipinski definition) is 1. The molecule has 2 rings (SSSR count). The number of rotatable bonds is 2. The quantitative estimate of drug-likeness (QED) is 0.835. The summed E-state index contributed by atoms with van der Waals surface area (Å²) in [7, 11) is 0. The van der Waals surface area contributed by atoms with Crippen LogP contribution in [0.2, 0.25) is 0 Å². The van der Waals surface area contributed by atoms with Gasteiger partial charge in [0.2, 0.25) is 0 Å². The number of aromatic nitrogens is 2. The molecule has 4 nitrogen and oxygen atoms in total. The van der Waals surface area contributed by atoms with Crippen LogP contribution in [0.15, 0.2) is 4.52 Å². The van der Waals surface area contributed by atoms with Crippen LogP contribution in [-0.4, -0.2) is 10.1 Å². The van der Waals surface area contributed by atoms with Crippen LogP contribution in [0.1, 0.15) is 44.3 Å². The van der Waals surface area contributed by atoms with Gasteiger partial charge in [-0.05, 0) is 30.4 Å². The van der Waals surface area contributed by atoms with Gasteiger partial charge in [0.05, 0.1) is 5.54 Å². The fraction of sp³-hybridized carbons (Fsp3) is 0.800. The minimum Gasteiger partial charge on any atom is -0.331 e. The number of hydrogen-bond acceptors (Lipinski definition) is 4. The van der Waals surface area contributed by atoms with Crippen molar-refractivity contribution in [1.82, 2.24) is 10.1 Å². The summed E-state index contributed by atoms with van der Waals surface area (Å²) in [6.07, 6.45) is 3.35. The Morgan fingerprint density at radius 3 is 2.82 bits per heavy atom. The van der Waals surface area contributed by atoms with E-state index in [9.17, 15) is 8.78 Å². The third kappa shape index (κ3) is 2.57. The van der Waals surface area contributed by atoms with E-state index >= 15 is 0 Å². The van der Waals surface area contributed by atoms with Gasteiger partial charge in [0.1, 0.15) is 0 Å². The third-order valence-electron chi connectivity index (χ3n) is 3.15. The summed E-state index contributed by atoms with van der Waals surface area (Å²) in [6.45, 7) is 2.07. The van der Waals surface area contributed by atoms with E-state index in [0.29, 0.717) is 18.8 Å². The van der Waals surface area contributed by atoms with Gasteiger partial charge >= 0.3 is 11.3 Å². The van der Waals surface area contributed by atoms with Crippen molar-refractivity contribution < 1.29 is 13.3 Å². The molecule has 0 amide bonds. The largest absolute Gasteiger partial charge is 0.400 e. The van der Waals surface area contributed by atoms with E-state index in [2.05, 4.69) is 21.6 Å². The summed E-state index contributed by atoms with van der Waals surface area (Å²) in [5.41, 5.74) is 5.38. The van der Waals surface area contributed by atoms with Gasteiger partial charge in [-0.1, -0.05) is 24.9 Å². The molecule has 2 unspecified atom stereocenters. The molecule has 0 bridgehead atoms. The first-order chi connectivity index (χ1) is 7.81. The lowest BCUT2D eigenvalue weighted by atomic mass is 9.76. The highest BCUT2D eigenvalue weighted by atomic mass is 35.5. The average Bonchev–Trinajstić information content (AvgIpc) is 2.65. The molecule has 17 heavy (non-hydrogen) atoms. The van der Waals surface area contributed by atoms with E-state index in [1.165, 1.54) is 0 Å². The third-order valence-corrected chi connectivity index (χ3v) is 3.31. The number of nitrogens with two attached hydrogens (primary N) is 1. The van der Waals surface area contributed by atoms with Crippen molar-refractivity contribution in [1.29, 1.82) is 0 Å². The second kappa shape index (κ2) is 4.17. The predicted octanol–water partition coefficient (Wildman–Crippen LogP) is 2.72. The van der Waals surface area contributed by atoms with E-state index in [1.807, 2.05) is 0 Å². The molecule has 0 aliphatic heterocycles. The minimum atomic E-state index is -3.64. The lowest BCUT2D eigenvalue weighted by Crippen LogP contribution is -2.42. The van der Waals surface area contributed by atoms with Gasteiger partial charge in [-0.3, -0.25) is 0 Å². The summed E-state index contributed by atoms with van der Waals surface area (Å²) in [5.74, 6) is -0.344. The Balaban J connectivity index is 2.24. The molecule has 96 valence electrons. The van der Waals surface area contributed by atoms with Crippen LogP contribution >= 0.6 is 11.6 Å². The molecule has 1 aromatic rings. The monoisotopic (exact) mass is 265 g/mol. The first kappa shape index (κ1) is 12.7. The van der Waals surface area contributed by atoms with Crippen LogP contribution < -0.4 is 5.73 Å². The lowest BCUT2D eigenvalue weighted by molar-refractivity contribution is 0.0550. The van der Waals surface area contributed by atoms with Gasteiger partial charge < -0.3 is 10.3 Å². The molecule has 0 saturated heterocycles. The van der Waals surface area contributed by atoms with Crippen molar-refractivity contribution in [3.05, 3.63) is 11.7 Å². The van der Waals surface area contributed by atoms with Crippen LogP contribution in [0.25, 0.3) is 0 Å². The first-order valence-electron chi connectivity index (χ1n) is 5.51. The molecule has 1 fully saturated rings. The lowest BCUT2D eigenvalue weighted by Gasteiger charge is -2.33. The molecule has 2 atom stereocenters. The standard InChI is InChI=1S/C10H14ClF2N3O/c1-6-3-2-4-9(14,5-6)7-15-8(17-16-7)10(11,12)13/h6H,2-5,14H2,1H3. The highest BCUT2D eigenvalue weighted by Crippen LogP contribution is 2.38. The topological polar surface area (TPSA) is 64.9 Å². The average molecular weight is 266 g/mol. The van der Waals surface area contributed by atoms with Gasteiger partial charge in [0.25, 0.3) is 0 Å². The fourth-order valence-corrected chi connectivity index (χ4v) is 2.41. The Kier molecular flexibility index (Phi) is 3.12. The SMILES string of the molecule is CC1CCCC(N)(c2noc(C(F)(F)Cl)n2)C1. The number of nitrogens with zero attached hydrogens (tertiary/aromatic N) is 2. The molecular weight excluding hydrogens is 252 g/mol. The highest BCUT2D eigenvalue weighted by molar-refractivity contribution is 6.21. The van der Waals surface area contributed by atoms with Crippen LogP contribution in [-0.2, 0) is 10.9 Å². The van der Waals surface area contributed by atoms with Crippen LogP contribution in [0.4, 0.5) is 8.78 Å². The molecule has 1 aromatic heterocycles. The summed E-state index contributed by atoms with van der Waals surface area (Å²) in [5, 5.41) is -0.100. The minimum absolute atomic E-state index is 0.124. The van der Waals surface area contributed by atoms with Crippen LogP contribution in [0.5, 0.6) is 0 Å². The molecule has 2 N–H and O–H groups in total. The molecule has 1 aliphatic carbocycles. The Morgan fingerprint density at radius 1 is 1.59 bits per heavy atom. The molecule has 1 saturated carbocycles. The maximum absolute atomic E-state index is 12.8. The fourth-order valence-electron chi connectivity index (χ4n) is 2.34. The van der Waals surface area contributed by atoms with Gasteiger partial charge in [0.15, 0.2) is 5.82 Å². The Bertz CT molecular complexity index is 407. The van der Waals surface area contributed by atoms with E-state index < -0.39 is 16.8 Å². The van der Waals surface area contributed by atoms with Crippen molar-refractivity contribution in [2.45, 2.75) is 43.5 Å². The van der Waals surface area contributed by atoms with Crippen molar-refractivity contribution in [3.8, 4) is 0 Å².